The Morgan fingerprint density at radius 3 is 2.73 bits per heavy atom. The van der Waals surface area contributed by atoms with E-state index in [4.69, 9.17) is 16.3 Å². The lowest BCUT2D eigenvalue weighted by atomic mass is 10.2. The first kappa shape index (κ1) is 16.7. The van der Waals surface area contributed by atoms with Crippen molar-refractivity contribution in [2.75, 3.05) is 19.4 Å². The van der Waals surface area contributed by atoms with Crippen LogP contribution in [0.2, 0.25) is 5.02 Å². The second kappa shape index (κ2) is 8.71. The number of rotatable bonds is 7. The second-order valence-electron chi connectivity index (χ2n) is 4.62. The molecule has 2 aromatic rings. The molecule has 2 rings (SSSR count). The largest absolute Gasteiger partial charge is 0.494 e. The minimum absolute atomic E-state index is 0.152. The van der Waals surface area contributed by atoms with Crippen molar-refractivity contribution < 1.29 is 9.53 Å². The third-order valence-corrected chi connectivity index (χ3v) is 4.09. The van der Waals surface area contributed by atoms with Crippen LogP contribution >= 0.6 is 23.4 Å². The molecule has 22 heavy (non-hydrogen) atoms. The van der Waals surface area contributed by atoms with Gasteiger partial charge >= 0.3 is 0 Å². The van der Waals surface area contributed by atoms with Crippen LogP contribution in [0.5, 0.6) is 5.75 Å². The van der Waals surface area contributed by atoms with Crippen LogP contribution in [0, 0.1) is 0 Å². The van der Waals surface area contributed by atoms with Gasteiger partial charge in [-0.3, -0.25) is 4.79 Å². The zero-order valence-electron chi connectivity index (χ0n) is 12.3. The standard InChI is InChI=1S/C17H18ClNO2S/c1-22-14-8-9-16(18)15(12-14)17(20)19-10-5-11-21-13-6-3-2-4-7-13/h2-4,6-9,12H,5,10-11H2,1H3,(H,19,20). The highest BCUT2D eigenvalue weighted by molar-refractivity contribution is 7.98. The average Bonchev–Trinajstić information content (AvgIpc) is 2.55. The molecule has 2 aromatic carbocycles. The summed E-state index contributed by atoms with van der Waals surface area (Å²) in [5.41, 5.74) is 0.512. The highest BCUT2D eigenvalue weighted by Gasteiger charge is 2.10. The summed E-state index contributed by atoms with van der Waals surface area (Å²) in [7, 11) is 0. The van der Waals surface area contributed by atoms with E-state index in [-0.39, 0.29) is 5.91 Å². The molecule has 3 nitrogen and oxygen atoms in total. The van der Waals surface area contributed by atoms with Crippen LogP contribution in [0.1, 0.15) is 16.8 Å². The number of ether oxygens (including phenoxy) is 1. The van der Waals surface area contributed by atoms with E-state index in [0.29, 0.717) is 23.7 Å². The number of amides is 1. The molecule has 0 spiro atoms. The maximum absolute atomic E-state index is 12.1. The molecule has 0 aromatic heterocycles. The molecule has 0 aliphatic heterocycles. The molecular formula is C17H18ClNO2S. The van der Waals surface area contributed by atoms with Crippen molar-refractivity contribution in [1.82, 2.24) is 5.32 Å². The van der Waals surface area contributed by atoms with Crippen LogP contribution < -0.4 is 10.1 Å². The molecule has 5 heteroatoms. The smallest absolute Gasteiger partial charge is 0.252 e. The second-order valence-corrected chi connectivity index (χ2v) is 5.90. The van der Waals surface area contributed by atoms with Crippen molar-refractivity contribution in [3.05, 3.63) is 59.1 Å². The normalized spacial score (nSPS) is 10.3. The van der Waals surface area contributed by atoms with Gasteiger partial charge in [-0.15, -0.1) is 11.8 Å². The van der Waals surface area contributed by atoms with E-state index in [1.165, 1.54) is 0 Å². The van der Waals surface area contributed by atoms with Gasteiger partial charge in [-0.05, 0) is 43.0 Å². The van der Waals surface area contributed by atoms with Crippen molar-refractivity contribution in [2.24, 2.45) is 0 Å². The van der Waals surface area contributed by atoms with Crippen LogP contribution in [-0.4, -0.2) is 25.3 Å². The van der Waals surface area contributed by atoms with Gasteiger partial charge in [0.1, 0.15) is 5.75 Å². The predicted molar refractivity (Wildman–Crippen MR) is 92.1 cm³/mol. The van der Waals surface area contributed by atoms with E-state index in [1.807, 2.05) is 48.7 Å². The van der Waals surface area contributed by atoms with E-state index in [0.717, 1.165) is 17.1 Å². The van der Waals surface area contributed by atoms with Crippen LogP contribution in [0.25, 0.3) is 0 Å². The summed E-state index contributed by atoms with van der Waals surface area (Å²) in [6.07, 6.45) is 2.70. The van der Waals surface area contributed by atoms with E-state index >= 15 is 0 Å². The van der Waals surface area contributed by atoms with Crippen molar-refractivity contribution in [3.8, 4) is 5.75 Å². The molecule has 0 saturated heterocycles. The Balaban J connectivity index is 1.76. The summed E-state index contributed by atoms with van der Waals surface area (Å²) >= 11 is 7.65. The number of hydrogen-bond donors (Lipinski definition) is 1. The zero-order valence-corrected chi connectivity index (χ0v) is 13.9. The number of benzene rings is 2. The number of nitrogens with one attached hydrogen (secondary N) is 1. The fraction of sp³-hybridized carbons (Fsp3) is 0.235. The van der Waals surface area contributed by atoms with Gasteiger partial charge in [-0.2, -0.15) is 0 Å². The molecule has 0 heterocycles. The van der Waals surface area contributed by atoms with Crippen molar-refractivity contribution in [1.29, 1.82) is 0 Å². The lowest BCUT2D eigenvalue weighted by Gasteiger charge is -2.09. The van der Waals surface area contributed by atoms with Gasteiger partial charge in [0.2, 0.25) is 0 Å². The first-order chi connectivity index (χ1) is 10.7. The fourth-order valence-corrected chi connectivity index (χ4v) is 2.52. The van der Waals surface area contributed by atoms with E-state index < -0.39 is 0 Å². The van der Waals surface area contributed by atoms with E-state index in [1.54, 1.807) is 17.8 Å². The van der Waals surface area contributed by atoms with Crippen molar-refractivity contribution in [3.63, 3.8) is 0 Å². The Morgan fingerprint density at radius 1 is 1.23 bits per heavy atom. The highest BCUT2D eigenvalue weighted by atomic mass is 35.5. The molecule has 0 fully saturated rings. The number of carbonyl (C=O) groups is 1. The van der Waals surface area contributed by atoms with Gasteiger partial charge in [-0.25, -0.2) is 0 Å². The summed E-state index contributed by atoms with van der Waals surface area (Å²) in [5.74, 6) is 0.685. The van der Waals surface area contributed by atoms with Gasteiger partial charge < -0.3 is 10.1 Å². The number of hydrogen-bond acceptors (Lipinski definition) is 3. The van der Waals surface area contributed by atoms with Crippen molar-refractivity contribution >= 4 is 29.3 Å². The van der Waals surface area contributed by atoms with Gasteiger partial charge in [0.15, 0.2) is 0 Å². The number of carbonyl (C=O) groups excluding carboxylic acids is 1. The summed E-state index contributed by atoms with van der Waals surface area (Å²) in [6, 6.07) is 15.1. The number of halogens is 1. The Kier molecular flexibility index (Phi) is 6.62. The van der Waals surface area contributed by atoms with E-state index in [9.17, 15) is 4.79 Å². The van der Waals surface area contributed by atoms with Crippen LogP contribution in [0.4, 0.5) is 0 Å². The minimum atomic E-state index is -0.152. The molecule has 0 radical (unpaired) electrons. The average molecular weight is 336 g/mol. The molecule has 0 bridgehead atoms. The fourth-order valence-electron chi connectivity index (χ4n) is 1.88. The minimum Gasteiger partial charge on any atom is -0.494 e. The molecule has 116 valence electrons. The summed E-state index contributed by atoms with van der Waals surface area (Å²) in [6.45, 7) is 1.11. The van der Waals surface area contributed by atoms with Gasteiger partial charge in [0, 0.05) is 11.4 Å². The summed E-state index contributed by atoms with van der Waals surface area (Å²) < 4.78 is 5.57. The van der Waals surface area contributed by atoms with Crippen LogP contribution in [0.3, 0.4) is 0 Å². The number of para-hydroxylation sites is 1. The molecule has 0 aliphatic carbocycles. The molecule has 1 N–H and O–H groups in total. The topological polar surface area (TPSA) is 38.3 Å². The summed E-state index contributed by atoms with van der Waals surface area (Å²) in [4.78, 5) is 13.1. The Bertz CT molecular complexity index is 619. The van der Waals surface area contributed by atoms with Crippen molar-refractivity contribution in [2.45, 2.75) is 11.3 Å². The molecule has 0 unspecified atom stereocenters. The molecular weight excluding hydrogens is 318 g/mol. The third kappa shape index (κ3) is 4.97. The maximum Gasteiger partial charge on any atom is 0.252 e. The monoisotopic (exact) mass is 335 g/mol. The first-order valence-corrected chi connectivity index (χ1v) is 8.60. The lowest BCUT2D eigenvalue weighted by Crippen LogP contribution is -2.25. The zero-order chi connectivity index (χ0) is 15.8. The highest BCUT2D eigenvalue weighted by Crippen LogP contribution is 2.22. The Hall–Kier alpha value is -1.65. The number of thioether (sulfide) groups is 1. The van der Waals surface area contributed by atoms with E-state index in [2.05, 4.69) is 5.32 Å². The van der Waals surface area contributed by atoms with Crippen LogP contribution in [-0.2, 0) is 0 Å². The Morgan fingerprint density at radius 2 is 2.00 bits per heavy atom. The quantitative estimate of drug-likeness (QED) is 0.607. The molecule has 0 atom stereocenters. The molecule has 1 amide bonds. The van der Waals surface area contributed by atoms with Gasteiger partial charge in [0.25, 0.3) is 5.91 Å². The molecule has 0 saturated carbocycles. The maximum atomic E-state index is 12.1. The van der Waals surface area contributed by atoms with Gasteiger partial charge in [-0.1, -0.05) is 29.8 Å². The summed E-state index contributed by atoms with van der Waals surface area (Å²) in [5, 5.41) is 3.33. The Labute approximate surface area is 140 Å². The lowest BCUT2D eigenvalue weighted by molar-refractivity contribution is 0.0951. The van der Waals surface area contributed by atoms with Crippen LogP contribution in [0.15, 0.2) is 53.4 Å². The van der Waals surface area contributed by atoms with Gasteiger partial charge in [0.05, 0.1) is 17.2 Å². The third-order valence-electron chi connectivity index (χ3n) is 3.04. The predicted octanol–water partition coefficient (Wildman–Crippen LogP) is 4.26. The SMILES string of the molecule is CSc1ccc(Cl)c(C(=O)NCCCOc2ccccc2)c1. The first-order valence-electron chi connectivity index (χ1n) is 7.00. The molecule has 0 aliphatic rings.